The van der Waals surface area contributed by atoms with E-state index in [9.17, 15) is 9.59 Å². The number of benzene rings is 2. The Balaban J connectivity index is 1.68. The number of hydrogen-bond donors (Lipinski definition) is 1. The first kappa shape index (κ1) is 21.1. The van der Waals surface area contributed by atoms with Gasteiger partial charge in [0.15, 0.2) is 0 Å². The Kier molecular flexibility index (Phi) is 6.38. The number of amides is 2. The van der Waals surface area contributed by atoms with Crippen LogP contribution in [0.4, 0.5) is 5.69 Å². The fourth-order valence-corrected chi connectivity index (χ4v) is 3.65. The van der Waals surface area contributed by atoms with E-state index in [-0.39, 0.29) is 17.2 Å². The van der Waals surface area contributed by atoms with Gasteiger partial charge >= 0.3 is 0 Å². The smallest absolute Gasteiger partial charge is 0.255 e. The van der Waals surface area contributed by atoms with E-state index in [4.69, 9.17) is 0 Å². The van der Waals surface area contributed by atoms with Crippen LogP contribution in [-0.2, 0) is 5.41 Å². The second-order valence-corrected chi connectivity index (χ2v) is 8.55. The average Bonchev–Trinajstić information content (AvgIpc) is 2.73. The Morgan fingerprint density at radius 2 is 1.48 bits per heavy atom. The van der Waals surface area contributed by atoms with Crippen molar-refractivity contribution in [1.82, 2.24) is 9.80 Å². The summed E-state index contributed by atoms with van der Waals surface area (Å²) in [5.41, 5.74) is 3.01. The molecule has 1 heterocycles. The molecular weight excluding hydrogens is 362 g/mol. The minimum atomic E-state index is -0.169. The van der Waals surface area contributed by atoms with Crippen LogP contribution in [0.5, 0.6) is 0 Å². The summed E-state index contributed by atoms with van der Waals surface area (Å²) in [7, 11) is 0. The van der Waals surface area contributed by atoms with Crippen LogP contribution in [0, 0.1) is 0 Å². The lowest BCUT2D eigenvalue weighted by Gasteiger charge is -2.34. The SMILES string of the molecule is CCN1CCN(C(=O)c2ccc(C(=O)Nc3ccccc3C(C)(C)C)cc2)CC1. The number of para-hydroxylation sites is 1. The molecule has 1 aliphatic heterocycles. The third kappa shape index (κ3) is 5.04. The average molecular weight is 394 g/mol. The van der Waals surface area contributed by atoms with Crippen LogP contribution in [0.1, 0.15) is 54.0 Å². The van der Waals surface area contributed by atoms with Crippen molar-refractivity contribution in [2.24, 2.45) is 0 Å². The van der Waals surface area contributed by atoms with Crippen LogP contribution < -0.4 is 5.32 Å². The lowest BCUT2D eigenvalue weighted by atomic mass is 9.86. The molecule has 1 fully saturated rings. The number of nitrogens with zero attached hydrogens (tertiary/aromatic N) is 2. The molecule has 0 aromatic heterocycles. The van der Waals surface area contributed by atoms with E-state index in [1.165, 1.54) is 0 Å². The lowest BCUT2D eigenvalue weighted by Crippen LogP contribution is -2.48. The van der Waals surface area contributed by atoms with Crippen LogP contribution in [0.3, 0.4) is 0 Å². The highest BCUT2D eigenvalue weighted by atomic mass is 16.2. The van der Waals surface area contributed by atoms with Gasteiger partial charge in [-0.1, -0.05) is 45.9 Å². The van der Waals surface area contributed by atoms with Gasteiger partial charge in [0.1, 0.15) is 0 Å². The predicted molar refractivity (Wildman–Crippen MR) is 118 cm³/mol. The number of likely N-dealkylation sites (N-methyl/N-ethyl adjacent to an activating group) is 1. The molecule has 5 heteroatoms. The van der Waals surface area contributed by atoms with Crippen molar-refractivity contribution in [3.8, 4) is 0 Å². The van der Waals surface area contributed by atoms with E-state index < -0.39 is 0 Å². The third-order valence-electron chi connectivity index (χ3n) is 5.48. The maximum Gasteiger partial charge on any atom is 0.255 e. The van der Waals surface area contributed by atoms with Gasteiger partial charge < -0.3 is 15.1 Å². The van der Waals surface area contributed by atoms with Crippen molar-refractivity contribution >= 4 is 17.5 Å². The summed E-state index contributed by atoms with van der Waals surface area (Å²) >= 11 is 0. The Hall–Kier alpha value is -2.66. The van der Waals surface area contributed by atoms with Gasteiger partial charge in [-0.05, 0) is 47.9 Å². The molecular formula is C24H31N3O2. The molecule has 0 spiro atoms. The van der Waals surface area contributed by atoms with Gasteiger partial charge in [-0.2, -0.15) is 0 Å². The maximum absolute atomic E-state index is 12.7. The zero-order valence-corrected chi connectivity index (χ0v) is 17.9. The van der Waals surface area contributed by atoms with E-state index in [0.29, 0.717) is 11.1 Å². The van der Waals surface area contributed by atoms with E-state index >= 15 is 0 Å². The largest absolute Gasteiger partial charge is 0.336 e. The van der Waals surface area contributed by atoms with Crippen LogP contribution >= 0.6 is 0 Å². The van der Waals surface area contributed by atoms with Gasteiger partial charge in [-0.3, -0.25) is 9.59 Å². The van der Waals surface area contributed by atoms with Crippen molar-refractivity contribution in [1.29, 1.82) is 0 Å². The van der Waals surface area contributed by atoms with Gasteiger partial charge in [0, 0.05) is 43.0 Å². The number of rotatable bonds is 4. The molecule has 5 nitrogen and oxygen atoms in total. The van der Waals surface area contributed by atoms with Crippen molar-refractivity contribution in [2.45, 2.75) is 33.1 Å². The molecule has 1 aliphatic rings. The molecule has 0 atom stereocenters. The molecule has 1 saturated heterocycles. The summed E-state index contributed by atoms with van der Waals surface area (Å²) in [5.74, 6) is -0.136. The zero-order chi connectivity index (χ0) is 21.0. The quantitative estimate of drug-likeness (QED) is 0.854. The summed E-state index contributed by atoms with van der Waals surface area (Å²) in [6.07, 6.45) is 0. The number of nitrogens with one attached hydrogen (secondary N) is 1. The molecule has 2 aromatic carbocycles. The van der Waals surface area contributed by atoms with E-state index in [2.05, 4.69) is 37.9 Å². The lowest BCUT2D eigenvalue weighted by molar-refractivity contribution is 0.0643. The zero-order valence-electron chi connectivity index (χ0n) is 17.9. The van der Waals surface area contributed by atoms with Crippen LogP contribution in [-0.4, -0.2) is 54.3 Å². The first-order valence-electron chi connectivity index (χ1n) is 10.3. The fourth-order valence-electron chi connectivity index (χ4n) is 3.65. The molecule has 2 amide bonds. The van der Waals surface area contributed by atoms with Gasteiger partial charge in [-0.15, -0.1) is 0 Å². The molecule has 1 N–H and O–H groups in total. The van der Waals surface area contributed by atoms with E-state index in [0.717, 1.165) is 44.0 Å². The summed E-state index contributed by atoms with van der Waals surface area (Å²) < 4.78 is 0. The Bertz CT molecular complexity index is 860. The molecule has 0 bridgehead atoms. The molecule has 0 radical (unpaired) electrons. The highest BCUT2D eigenvalue weighted by Crippen LogP contribution is 2.29. The van der Waals surface area contributed by atoms with Crippen molar-refractivity contribution < 1.29 is 9.59 Å². The summed E-state index contributed by atoms with van der Waals surface area (Å²) in [6, 6.07) is 14.8. The molecule has 154 valence electrons. The second-order valence-electron chi connectivity index (χ2n) is 8.55. The molecule has 0 saturated carbocycles. The van der Waals surface area contributed by atoms with Gasteiger partial charge in [0.2, 0.25) is 0 Å². The normalized spacial score (nSPS) is 15.2. The monoisotopic (exact) mass is 393 g/mol. The number of anilines is 1. The second kappa shape index (κ2) is 8.78. The first-order chi connectivity index (χ1) is 13.8. The predicted octanol–water partition coefficient (Wildman–Crippen LogP) is 4.01. The van der Waals surface area contributed by atoms with Crippen LogP contribution in [0.25, 0.3) is 0 Å². The van der Waals surface area contributed by atoms with Crippen LogP contribution in [0.2, 0.25) is 0 Å². The molecule has 2 aromatic rings. The van der Waals surface area contributed by atoms with Crippen LogP contribution in [0.15, 0.2) is 48.5 Å². The first-order valence-corrected chi connectivity index (χ1v) is 10.3. The van der Waals surface area contributed by atoms with E-state index in [1.807, 2.05) is 29.2 Å². The topological polar surface area (TPSA) is 52.7 Å². The van der Waals surface area contributed by atoms with Gasteiger partial charge in [0.25, 0.3) is 11.8 Å². The Labute approximate surface area is 173 Å². The Morgan fingerprint density at radius 1 is 0.897 bits per heavy atom. The number of piperazine rings is 1. The summed E-state index contributed by atoms with van der Waals surface area (Å²) in [5, 5.41) is 3.02. The number of carbonyl (C=O) groups is 2. The van der Waals surface area contributed by atoms with Crippen molar-refractivity contribution in [3.63, 3.8) is 0 Å². The highest BCUT2D eigenvalue weighted by molar-refractivity contribution is 6.05. The van der Waals surface area contributed by atoms with Gasteiger partial charge in [-0.25, -0.2) is 0 Å². The number of hydrogen-bond acceptors (Lipinski definition) is 3. The minimum Gasteiger partial charge on any atom is -0.336 e. The van der Waals surface area contributed by atoms with Crippen molar-refractivity contribution in [2.75, 3.05) is 38.0 Å². The number of carbonyl (C=O) groups excluding carboxylic acids is 2. The standard InChI is InChI=1S/C24H31N3O2/c1-5-26-14-16-27(17-15-26)23(29)19-12-10-18(11-13-19)22(28)25-21-9-7-6-8-20(21)24(2,3)4/h6-13H,5,14-17H2,1-4H3,(H,25,28). The molecule has 0 aliphatic carbocycles. The maximum atomic E-state index is 12.7. The summed E-state index contributed by atoms with van der Waals surface area (Å²) in [6.45, 7) is 12.9. The fraction of sp³-hybridized carbons (Fsp3) is 0.417. The summed E-state index contributed by atoms with van der Waals surface area (Å²) in [4.78, 5) is 29.7. The van der Waals surface area contributed by atoms with Gasteiger partial charge in [0.05, 0.1) is 0 Å². The van der Waals surface area contributed by atoms with Crippen molar-refractivity contribution in [3.05, 3.63) is 65.2 Å². The third-order valence-corrected chi connectivity index (χ3v) is 5.48. The molecule has 29 heavy (non-hydrogen) atoms. The molecule has 3 rings (SSSR count). The minimum absolute atomic E-state index is 0.0331. The molecule has 0 unspecified atom stereocenters. The Morgan fingerprint density at radius 3 is 2.07 bits per heavy atom. The van der Waals surface area contributed by atoms with E-state index in [1.54, 1.807) is 24.3 Å². The highest BCUT2D eigenvalue weighted by Gasteiger charge is 2.22.